The zero-order valence-corrected chi connectivity index (χ0v) is 9.71. The second-order valence-corrected chi connectivity index (χ2v) is 5.28. The second-order valence-electron chi connectivity index (χ2n) is 5.28. The minimum absolute atomic E-state index is 0.548. The average Bonchev–Trinajstić information content (AvgIpc) is 2.14. The standard InChI is InChI=1S/C12H22N2/c1-12(2)7-5-11(6-8-12)14(3)10-4-9-13/h11H,4-8,10H2,1-3H3. The van der Waals surface area contributed by atoms with Crippen LogP contribution < -0.4 is 0 Å². The van der Waals surface area contributed by atoms with Crippen molar-refractivity contribution in [1.82, 2.24) is 4.90 Å². The van der Waals surface area contributed by atoms with E-state index in [9.17, 15) is 0 Å². The van der Waals surface area contributed by atoms with Gasteiger partial charge in [0.15, 0.2) is 0 Å². The van der Waals surface area contributed by atoms with E-state index in [0.29, 0.717) is 11.8 Å². The zero-order chi connectivity index (χ0) is 10.6. The van der Waals surface area contributed by atoms with Gasteiger partial charge in [0.1, 0.15) is 0 Å². The topological polar surface area (TPSA) is 27.0 Å². The van der Waals surface area contributed by atoms with Crippen LogP contribution in [-0.4, -0.2) is 24.5 Å². The molecule has 1 aliphatic rings. The molecule has 0 aromatic carbocycles. The first kappa shape index (κ1) is 11.5. The number of hydrogen-bond acceptors (Lipinski definition) is 2. The van der Waals surface area contributed by atoms with Crippen molar-refractivity contribution in [2.45, 2.75) is 52.0 Å². The van der Waals surface area contributed by atoms with Crippen LogP contribution in [0.5, 0.6) is 0 Å². The molecule has 80 valence electrons. The van der Waals surface area contributed by atoms with E-state index in [4.69, 9.17) is 5.26 Å². The molecular weight excluding hydrogens is 172 g/mol. The van der Waals surface area contributed by atoms with Crippen LogP contribution in [0.2, 0.25) is 0 Å². The van der Waals surface area contributed by atoms with Crippen molar-refractivity contribution in [3.63, 3.8) is 0 Å². The second kappa shape index (κ2) is 4.79. The van der Waals surface area contributed by atoms with E-state index >= 15 is 0 Å². The lowest BCUT2D eigenvalue weighted by molar-refractivity contribution is 0.129. The maximum Gasteiger partial charge on any atom is 0.0635 e. The van der Waals surface area contributed by atoms with Gasteiger partial charge in [-0.05, 0) is 38.1 Å². The molecule has 2 heteroatoms. The summed E-state index contributed by atoms with van der Waals surface area (Å²) in [6, 6.07) is 2.93. The monoisotopic (exact) mass is 194 g/mol. The van der Waals surface area contributed by atoms with Crippen molar-refractivity contribution in [1.29, 1.82) is 5.26 Å². The summed E-state index contributed by atoms with van der Waals surface area (Å²) in [7, 11) is 2.15. The lowest BCUT2D eigenvalue weighted by atomic mass is 9.75. The Morgan fingerprint density at radius 3 is 2.43 bits per heavy atom. The molecule has 2 nitrogen and oxygen atoms in total. The molecular formula is C12H22N2. The fourth-order valence-corrected chi connectivity index (χ4v) is 2.23. The van der Waals surface area contributed by atoms with E-state index in [-0.39, 0.29) is 0 Å². The Bertz CT molecular complexity index is 205. The highest BCUT2D eigenvalue weighted by molar-refractivity contribution is 4.83. The van der Waals surface area contributed by atoms with Gasteiger partial charge in [0.25, 0.3) is 0 Å². The van der Waals surface area contributed by atoms with Gasteiger partial charge in [-0.3, -0.25) is 0 Å². The van der Waals surface area contributed by atoms with Crippen LogP contribution in [0, 0.1) is 16.7 Å². The third kappa shape index (κ3) is 3.31. The van der Waals surface area contributed by atoms with Gasteiger partial charge in [-0.2, -0.15) is 5.26 Å². The van der Waals surface area contributed by atoms with Crippen LogP contribution in [0.15, 0.2) is 0 Å². The van der Waals surface area contributed by atoms with Crippen LogP contribution in [0.25, 0.3) is 0 Å². The van der Waals surface area contributed by atoms with Gasteiger partial charge in [-0.15, -0.1) is 0 Å². The molecule has 0 atom stereocenters. The van der Waals surface area contributed by atoms with Gasteiger partial charge in [-0.25, -0.2) is 0 Å². The molecule has 1 fully saturated rings. The van der Waals surface area contributed by atoms with E-state index in [0.717, 1.165) is 12.6 Å². The van der Waals surface area contributed by atoms with E-state index in [2.05, 4.69) is 31.9 Å². The molecule has 1 saturated carbocycles. The number of nitrogens with zero attached hydrogens (tertiary/aromatic N) is 2. The summed E-state index contributed by atoms with van der Waals surface area (Å²) < 4.78 is 0. The normalized spacial score (nSPS) is 22.2. The molecule has 1 aliphatic carbocycles. The summed E-state index contributed by atoms with van der Waals surface area (Å²) in [5.41, 5.74) is 0.548. The molecule has 0 aromatic rings. The highest BCUT2D eigenvalue weighted by Crippen LogP contribution is 2.36. The molecule has 0 spiro atoms. The SMILES string of the molecule is CN(CCC#N)C1CCC(C)(C)CC1. The molecule has 0 amide bonds. The Morgan fingerprint density at radius 1 is 1.36 bits per heavy atom. The largest absolute Gasteiger partial charge is 0.302 e. The van der Waals surface area contributed by atoms with Crippen molar-refractivity contribution in [3.05, 3.63) is 0 Å². The van der Waals surface area contributed by atoms with E-state index < -0.39 is 0 Å². The smallest absolute Gasteiger partial charge is 0.0635 e. The predicted molar refractivity (Wildman–Crippen MR) is 58.9 cm³/mol. The minimum atomic E-state index is 0.548. The molecule has 0 unspecified atom stereocenters. The Balaban J connectivity index is 2.31. The molecule has 0 aliphatic heterocycles. The summed E-state index contributed by atoms with van der Waals surface area (Å²) in [6.07, 6.45) is 5.92. The average molecular weight is 194 g/mol. The third-order valence-electron chi connectivity index (χ3n) is 3.51. The van der Waals surface area contributed by atoms with Crippen molar-refractivity contribution in [2.24, 2.45) is 5.41 Å². The van der Waals surface area contributed by atoms with Crippen LogP contribution in [0.1, 0.15) is 46.0 Å². The van der Waals surface area contributed by atoms with E-state index in [1.807, 2.05) is 0 Å². The Hall–Kier alpha value is -0.550. The van der Waals surface area contributed by atoms with E-state index in [1.54, 1.807) is 0 Å². The van der Waals surface area contributed by atoms with Gasteiger partial charge in [0.05, 0.1) is 6.07 Å². The Labute approximate surface area is 87.9 Å². The van der Waals surface area contributed by atoms with Crippen molar-refractivity contribution >= 4 is 0 Å². The lowest BCUT2D eigenvalue weighted by Crippen LogP contribution is -2.37. The first-order valence-corrected chi connectivity index (χ1v) is 5.62. The summed E-state index contributed by atoms with van der Waals surface area (Å²) in [5.74, 6) is 0. The summed E-state index contributed by atoms with van der Waals surface area (Å²) in [4.78, 5) is 2.36. The first-order chi connectivity index (χ1) is 6.55. The van der Waals surface area contributed by atoms with Gasteiger partial charge >= 0.3 is 0 Å². The number of hydrogen-bond donors (Lipinski definition) is 0. The van der Waals surface area contributed by atoms with Crippen molar-refractivity contribution in [3.8, 4) is 6.07 Å². The van der Waals surface area contributed by atoms with Gasteiger partial charge < -0.3 is 4.90 Å². The minimum Gasteiger partial charge on any atom is -0.302 e. The highest BCUT2D eigenvalue weighted by atomic mass is 15.1. The number of nitriles is 1. The quantitative estimate of drug-likeness (QED) is 0.690. The van der Waals surface area contributed by atoms with Crippen LogP contribution in [-0.2, 0) is 0 Å². The Kier molecular flexibility index (Phi) is 3.95. The molecule has 0 saturated heterocycles. The van der Waals surface area contributed by atoms with Crippen LogP contribution >= 0.6 is 0 Å². The van der Waals surface area contributed by atoms with E-state index in [1.165, 1.54) is 25.7 Å². The maximum absolute atomic E-state index is 8.52. The zero-order valence-electron chi connectivity index (χ0n) is 9.71. The fraction of sp³-hybridized carbons (Fsp3) is 0.917. The van der Waals surface area contributed by atoms with Crippen LogP contribution in [0.4, 0.5) is 0 Å². The van der Waals surface area contributed by atoms with Gasteiger partial charge in [0.2, 0.25) is 0 Å². The first-order valence-electron chi connectivity index (χ1n) is 5.62. The summed E-state index contributed by atoms with van der Waals surface area (Å²) in [5, 5.41) is 8.52. The molecule has 0 bridgehead atoms. The predicted octanol–water partition coefficient (Wildman–Crippen LogP) is 2.80. The molecule has 0 N–H and O–H groups in total. The fourth-order valence-electron chi connectivity index (χ4n) is 2.23. The molecule has 0 aromatic heterocycles. The van der Waals surface area contributed by atoms with Crippen molar-refractivity contribution in [2.75, 3.05) is 13.6 Å². The third-order valence-corrected chi connectivity index (χ3v) is 3.51. The summed E-state index contributed by atoms with van der Waals surface area (Å²) >= 11 is 0. The van der Waals surface area contributed by atoms with Gasteiger partial charge in [0, 0.05) is 19.0 Å². The lowest BCUT2D eigenvalue weighted by Gasteiger charge is -2.38. The number of rotatable bonds is 3. The molecule has 14 heavy (non-hydrogen) atoms. The summed E-state index contributed by atoms with van der Waals surface area (Å²) in [6.45, 7) is 5.65. The molecule has 0 radical (unpaired) electrons. The molecule has 1 rings (SSSR count). The molecule has 0 heterocycles. The van der Waals surface area contributed by atoms with Gasteiger partial charge in [-0.1, -0.05) is 13.8 Å². The Morgan fingerprint density at radius 2 is 1.93 bits per heavy atom. The highest BCUT2D eigenvalue weighted by Gasteiger charge is 2.28. The van der Waals surface area contributed by atoms with Crippen LogP contribution in [0.3, 0.4) is 0 Å². The van der Waals surface area contributed by atoms with Crippen molar-refractivity contribution < 1.29 is 0 Å². The maximum atomic E-state index is 8.52.